The van der Waals surface area contributed by atoms with Crippen molar-refractivity contribution in [3.8, 4) is 11.3 Å². The third-order valence-corrected chi connectivity index (χ3v) is 3.97. The number of carbonyl (C=O) groups excluding carboxylic acids is 1. The molecule has 0 saturated heterocycles. The Morgan fingerprint density at radius 3 is 2.31 bits per heavy atom. The van der Waals surface area contributed by atoms with E-state index in [1.807, 2.05) is 37.3 Å². The summed E-state index contributed by atoms with van der Waals surface area (Å²) in [5, 5.41) is 2.77. The highest BCUT2D eigenvalue weighted by molar-refractivity contribution is 5.92. The molecule has 3 nitrogen and oxygen atoms in total. The maximum atomic E-state index is 13.1. The summed E-state index contributed by atoms with van der Waals surface area (Å²) in [6.07, 6.45) is -4.51. The maximum Gasteiger partial charge on any atom is 0.417 e. The molecule has 0 fully saturated rings. The first-order chi connectivity index (χ1) is 12.4. The minimum atomic E-state index is -4.51. The summed E-state index contributed by atoms with van der Waals surface area (Å²) >= 11 is 0. The lowest BCUT2D eigenvalue weighted by molar-refractivity contribution is -0.137. The van der Waals surface area contributed by atoms with Crippen molar-refractivity contribution in [1.29, 1.82) is 0 Å². The molecule has 0 spiro atoms. The minimum absolute atomic E-state index is 0.00422. The van der Waals surface area contributed by atoms with Gasteiger partial charge in [0.1, 0.15) is 5.76 Å². The predicted molar refractivity (Wildman–Crippen MR) is 91.5 cm³/mol. The van der Waals surface area contributed by atoms with Crippen molar-refractivity contribution in [2.24, 2.45) is 0 Å². The fraction of sp³-hybridized carbons (Fsp3) is 0.150. The molecule has 1 aromatic heterocycles. The van der Waals surface area contributed by atoms with Gasteiger partial charge >= 0.3 is 6.18 Å². The Morgan fingerprint density at radius 2 is 1.62 bits per heavy atom. The second-order valence-electron chi connectivity index (χ2n) is 5.81. The van der Waals surface area contributed by atoms with Crippen LogP contribution in [0.2, 0.25) is 0 Å². The topological polar surface area (TPSA) is 42.2 Å². The van der Waals surface area contributed by atoms with Crippen molar-refractivity contribution in [1.82, 2.24) is 5.32 Å². The average Bonchev–Trinajstić information content (AvgIpc) is 3.12. The summed E-state index contributed by atoms with van der Waals surface area (Å²) in [7, 11) is 0. The number of rotatable bonds is 4. The molecular formula is C20H16F3NO2. The van der Waals surface area contributed by atoms with Gasteiger partial charge in [-0.25, -0.2) is 0 Å². The summed E-state index contributed by atoms with van der Waals surface area (Å²) < 4.78 is 44.8. The van der Waals surface area contributed by atoms with Crippen LogP contribution in [0.25, 0.3) is 11.3 Å². The first-order valence-electron chi connectivity index (χ1n) is 7.98. The van der Waals surface area contributed by atoms with Gasteiger partial charge < -0.3 is 9.73 Å². The molecule has 6 heteroatoms. The van der Waals surface area contributed by atoms with Gasteiger partial charge in [-0.1, -0.05) is 48.5 Å². The highest BCUT2D eigenvalue weighted by Gasteiger charge is 2.34. The highest BCUT2D eigenvalue weighted by atomic mass is 19.4. The molecule has 0 aliphatic heterocycles. The van der Waals surface area contributed by atoms with Gasteiger partial charge in [-0.3, -0.25) is 4.79 Å². The van der Waals surface area contributed by atoms with Crippen LogP contribution in [-0.2, 0) is 6.18 Å². The van der Waals surface area contributed by atoms with Gasteiger partial charge in [0, 0.05) is 5.56 Å². The zero-order valence-electron chi connectivity index (χ0n) is 13.9. The van der Waals surface area contributed by atoms with Crippen LogP contribution in [0.15, 0.2) is 71.1 Å². The fourth-order valence-corrected chi connectivity index (χ4v) is 2.64. The van der Waals surface area contributed by atoms with Crippen molar-refractivity contribution in [2.45, 2.75) is 19.1 Å². The number of benzene rings is 2. The van der Waals surface area contributed by atoms with E-state index in [4.69, 9.17) is 4.42 Å². The molecule has 0 aliphatic rings. The SMILES string of the molecule is CC(NC(=O)c1ccc(-c2ccccc2C(F)(F)F)o1)c1ccccc1. The smallest absolute Gasteiger partial charge is 0.417 e. The number of amides is 1. The summed E-state index contributed by atoms with van der Waals surface area (Å²) in [6.45, 7) is 1.82. The van der Waals surface area contributed by atoms with Crippen LogP contribution in [0.3, 0.4) is 0 Å². The molecular weight excluding hydrogens is 343 g/mol. The lowest BCUT2D eigenvalue weighted by Gasteiger charge is -2.13. The molecule has 3 rings (SSSR count). The maximum absolute atomic E-state index is 13.1. The van der Waals surface area contributed by atoms with E-state index in [0.717, 1.165) is 11.6 Å². The summed E-state index contributed by atoms with van der Waals surface area (Å²) in [5.41, 5.74) is 0.00386. The van der Waals surface area contributed by atoms with Crippen molar-refractivity contribution in [3.05, 3.63) is 83.6 Å². The Hall–Kier alpha value is -3.02. The molecule has 0 radical (unpaired) electrons. The van der Waals surface area contributed by atoms with Crippen LogP contribution in [0.4, 0.5) is 13.2 Å². The quantitative estimate of drug-likeness (QED) is 0.672. The van der Waals surface area contributed by atoms with Crippen LogP contribution >= 0.6 is 0 Å². The molecule has 1 amide bonds. The fourth-order valence-electron chi connectivity index (χ4n) is 2.64. The number of hydrogen-bond acceptors (Lipinski definition) is 2. The molecule has 1 N–H and O–H groups in total. The van der Waals surface area contributed by atoms with E-state index in [-0.39, 0.29) is 23.1 Å². The molecule has 26 heavy (non-hydrogen) atoms. The van der Waals surface area contributed by atoms with E-state index in [1.54, 1.807) is 0 Å². The first kappa shape index (κ1) is 17.8. The largest absolute Gasteiger partial charge is 0.451 e. The molecule has 134 valence electrons. The van der Waals surface area contributed by atoms with E-state index >= 15 is 0 Å². The third kappa shape index (κ3) is 3.79. The number of furan rings is 1. The minimum Gasteiger partial charge on any atom is -0.451 e. The molecule has 0 aliphatic carbocycles. The number of carbonyl (C=O) groups is 1. The summed E-state index contributed by atoms with van der Waals surface area (Å²) in [6, 6.07) is 16.9. The summed E-state index contributed by atoms with van der Waals surface area (Å²) in [5.74, 6) is -0.535. The Bertz CT molecular complexity index is 901. The normalized spacial score (nSPS) is 12.6. The first-order valence-corrected chi connectivity index (χ1v) is 7.98. The second-order valence-corrected chi connectivity index (χ2v) is 5.81. The predicted octanol–water partition coefficient (Wildman–Crippen LogP) is 5.46. The van der Waals surface area contributed by atoms with Crippen molar-refractivity contribution in [2.75, 3.05) is 0 Å². The number of alkyl halides is 3. The van der Waals surface area contributed by atoms with E-state index in [9.17, 15) is 18.0 Å². The molecule has 0 bridgehead atoms. The second kappa shape index (κ2) is 7.07. The lowest BCUT2D eigenvalue weighted by atomic mass is 10.1. The van der Waals surface area contributed by atoms with Gasteiger partial charge in [0.15, 0.2) is 5.76 Å². The van der Waals surface area contributed by atoms with E-state index in [0.29, 0.717) is 0 Å². The lowest BCUT2D eigenvalue weighted by Crippen LogP contribution is -2.26. The van der Waals surface area contributed by atoms with Crippen LogP contribution in [0, 0.1) is 0 Å². The Kier molecular flexibility index (Phi) is 4.84. The van der Waals surface area contributed by atoms with Gasteiger partial charge in [-0.05, 0) is 30.7 Å². The van der Waals surface area contributed by atoms with Crippen LogP contribution in [0.1, 0.15) is 34.6 Å². The Morgan fingerprint density at radius 1 is 0.962 bits per heavy atom. The highest BCUT2D eigenvalue weighted by Crippen LogP contribution is 2.37. The van der Waals surface area contributed by atoms with Crippen LogP contribution in [0.5, 0.6) is 0 Å². The van der Waals surface area contributed by atoms with Gasteiger partial charge in [0.2, 0.25) is 0 Å². The van der Waals surface area contributed by atoms with E-state index in [1.165, 1.54) is 30.3 Å². The van der Waals surface area contributed by atoms with Crippen molar-refractivity contribution < 1.29 is 22.4 Å². The van der Waals surface area contributed by atoms with E-state index in [2.05, 4.69) is 5.32 Å². The standard InChI is InChI=1S/C20H16F3NO2/c1-13(14-7-3-2-4-8-14)24-19(25)18-12-11-17(26-18)15-9-5-6-10-16(15)20(21,22)23/h2-13H,1H3,(H,24,25). The van der Waals surface area contributed by atoms with Gasteiger partial charge in [0.25, 0.3) is 5.91 Å². The van der Waals surface area contributed by atoms with Crippen molar-refractivity contribution >= 4 is 5.91 Å². The average molecular weight is 359 g/mol. The number of halogens is 3. The molecule has 1 atom stereocenters. The zero-order valence-corrected chi connectivity index (χ0v) is 13.9. The van der Waals surface area contributed by atoms with Gasteiger partial charge in [-0.2, -0.15) is 13.2 Å². The molecule has 0 saturated carbocycles. The Labute approximate surface area is 148 Å². The molecule has 2 aromatic carbocycles. The van der Waals surface area contributed by atoms with Crippen LogP contribution in [-0.4, -0.2) is 5.91 Å². The molecule has 1 heterocycles. The Balaban J connectivity index is 1.81. The zero-order chi connectivity index (χ0) is 18.7. The molecule has 3 aromatic rings. The summed E-state index contributed by atoms with van der Waals surface area (Å²) in [4.78, 5) is 12.3. The van der Waals surface area contributed by atoms with Crippen LogP contribution < -0.4 is 5.32 Å². The third-order valence-electron chi connectivity index (χ3n) is 3.97. The van der Waals surface area contributed by atoms with Crippen molar-refractivity contribution in [3.63, 3.8) is 0 Å². The number of hydrogen-bond donors (Lipinski definition) is 1. The number of nitrogens with one attached hydrogen (secondary N) is 1. The molecule has 1 unspecified atom stereocenters. The van der Waals surface area contributed by atoms with E-state index < -0.39 is 17.6 Å². The van der Waals surface area contributed by atoms with Gasteiger partial charge in [0.05, 0.1) is 11.6 Å². The monoisotopic (exact) mass is 359 g/mol. The van der Waals surface area contributed by atoms with Gasteiger partial charge in [-0.15, -0.1) is 0 Å².